The average molecular weight is 277 g/mol. The van der Waals surface area contributed by atoms with Crippen LogP contribution in [0.15, 0.2) is 0 Å². The molecule has 0 aliphatic carbocycles. The summed E-state index contributed by atoms with van der Waals surface area (Å²) in [5.74, 6) is -1.72. The summed E-state index contributed by atoms with van der Waals surface area (Å²) in [7, 11) is 0. The summed E-state index contributed by atoms with van der Waals surface area (Å²) in [6, 6.07) is 0. The number of rotatable bonds is 13. The molecule has 0 radical (unpaired) electrons. The van der Waals surface area contributed by atoms with E-state index in [4.69, 9.17) is 19.7 Å². The fourth-order valence-corrected chi connectivity index (χ4v) is 1.34. The van der Waals surface area contributed by atoms with Crippen LogP contribution in [0.4, 0.5) is 0 Å². The van der Waals surface area contributed by atoms with E-state index in [-0.39, 0.29) is 26.1 Å². The lowest BCUT2D eigenvalue weighted by Gasteiger charge is -2.19. The van der Waals surface area contributed by atoms with Gasteiger partial charge in [-0.3, -0.25) is 14.5 Å². The van der Waals surface area contributed by atoms with Crippen LogP contribution in [-0.4, -0.2) is 73.1 Å². The maximum absolute atomic E-state index is 10.3. The smallest absolute Gasteiger partial charge is 0.305 e. The number of carboxylic acids is 2. The van der Waals surface area contributed by atoms with Crippen LogP contribution in [0.2, 0.25) is 0 Å². The summed E-state index contributed by atoms with van der Waals surface area (Å²) < 4.78 is 10.4. The van der Waals surface area contributed by atoms with Gasteiger partial charge in [-0.05, 0) is 6.54 Å². The molecule has 0 saturated heterocycles. The average Bonchev–Trinajstić information content (AvgIpc) is 2.34. The standard InChI is InChI=1S/C12H23NO6/c1-2-13(5-9-18-7-3-11(14)15)6-10-19-8-4-12(16)17/h2-10H2,1H3,(H,14,15)(H,16,17). The van der Waals surface area contributed by atoms with Crippen molar-refractivity contribution in [3.05, 3.63) is 0 Å². The Morgan fingerprint density at radius 2 is 1.32 bits per heavy atom. The number of hydrogen-bond donors (Lipinski definition) is 2. The molecule has 0 rings (SSSR count). The Bertz CT molecular complexity index is 235. The molecular formula is C12H23NO6. The minimum absolute atomic E-state index is 0.0183. The molecule has 0 unspecified atom stereocenters. The minimum Gasteiger partial charge on any atom is -0.481 e. The van der Waals surface area contributed by atoms with Crippen LogP contribution in [-0.2, 0) is 19.1 Å². The zero-order valence-electron chi connectivity index (χ0n) is 11.3. The molecule has 2 N–H and O–H groups in total. The Balaban J connectivity index is 3.44. The van der Waals surface area contributed by atoms with Crippen molar-refractivity contribution in [3.63, 3.8) is 0 Å². The van der Waals surface area contributed by atoms with Crippen molar-refractivity contribution in [2.45, 2.75) is 19.8 Å². The number of carbonyl (C=O) groups is 2. The van der Waals surface area contributed by atoms with Crippen molar-refractivity contribution in [2.75, 3.05) is 46.1 Å². The predicted molar refractivity (Wildman–Crippen MR) is 68.3 cm³/mol. The molecule has 0 aliphatic heterocycles. The lowest BCUT2D eigenvalue weighted by Crippen LogP contribution is -2.31. The van der Waals surface area contributed by atoms with Gasteiger partial charge in [0.1, 0.15) is 0 Å². The quantitative estimate of drug-likeness (QED) is 0.467. The number of aliphatic carboxylic acids is 2. The third-order valence-corrected chi connectivity index (χ3v) is 2.47. The first kappa shape index (κ1) is 17.8. The van der Waals surface area contributed by atoms with Gasteiger partial charge >= 0.3 is 11.9 Å². The fourth-order valence-electron chi connectivity index (χ4n) is 1.34. The van der Waals surface area contributed by atoms with E-state index in [1.54, 1.807) is 0 Å². The second kappa shape index (κ2) is 11.9. The Morgan fingerprint density at radius 1 is 0.895 bits per heavy atom. The Hall–Kier alpha value is -1.18. The van der Waals surface area contributed by atoms with Crippen LogP contribution in [0.25, 0.3) is 0 Å². The predicted octanol–water partition coefficient (Wildman–Crippen LogP) is 0.291. The van der Waals surface area contributed by atoms with Gasteiger partial charge in [0.25, 0.3) is 0 Å². The highest BCUT2D eigenvalue weighted by molar-refractivity contribution is 5.66. The molecule has 0 aliphatic rings. The molecule has 0 fully saturated rings. The van der Waals surface area contributed by atoms with Gasteiger partial charge in [0, 0.05) is 13.1 Å². The van der Waals surface area contributed by atoms with Crippen LogP contribution in [0, 0.1) is 0 Å². The second-order valence-electron chi connectivity index (χ2n) is 3.95. The Kier molecular flexibility index (Phi) is 11.1. The molecule has 0 saturated carbocycles. The summed E-state index contributed by atoms with van der Waals surface area (Å²) in [6.07, 6.45) is 0.0366. The SMILES string of the molecule is CCN(CCOCCC(=O)O)CCOCCC(=O)O. The molecular weight excluding hydrogens is 254 g/mol. The molecule has 0 atom stereocenters. The summed E-state index contributed by atoms with van der Waals surface area (Å²) in [5, 5.41) is 16.9. The summed E-state index contributed by atoms with van der Waals surface area (Å²) in [6.45, 7) is 5.67. The second-order valence-corrected chi connectivity index (χ2v) is 3.95. The van der Waals surface area contributed by atoms with Gasteiger partial charge in [-0.2, -0.15) is 0 Å². The monoisotopic (exact) mass is 277 g/mol. The van der Waals surface area contributed by atoms with Crippen LogP contribution in [0.5, 0.6) is 0 Å². The molecule has 0 aromatic heterocycles. The Labute approximate surface area is 113 Å². The lowest BCUT2D eigenvalue weighted by atomic mass is 10.4. The summed E-state index contributed by atoms with van der Waals surface area (Å²) in [4.78, 5) is 22.6. The van der Waals surface area contributed by atoms with Crippen LogP contribution in [0.1, 0.15) is 19.8 Å². The van der Waals surface area contributed by atoms with E-state index in [9.17, 15) is 9.59 Å². The lowest BCUT2D eigenvalue weighted by molar-refractivity contribution is -0.139. The third-order valence-electron chi connectivity index (χ3n) is 2.47. The maximum Gasteiger partial charge on any atom is 0.305 e. The zero-order valence-corrected chi connectivity index (χ0v) is 11.3. The van der Waals surface area contributed by atoms with Gasteiger partial charge in [0.15, 0.2) is 0 Å². The van der Waals surface area contributed by atoms with E-state index in [1.165, 1.54) is 0 Å². The topological polar surface area (TPSA) is 96.3 Å². The number of hydrogen-bond acceptors (Lipinski definition) is 5. The van der Waals surface area contributed by atoms with Gasteiger partial charge < -0.3 is 19.7 Å². The highest BCUT2D eigenvalue weighted by atomic mass is 16.5. The van der Waals surface area contributed by atoms with E-state index in [0.717, 1.165) is 6.54 Å². The molecule has 7 heteroatoms. The molecule has 0 aromatic rings. The van der Waals surface area contributed by atoms with E-state index in [1.807, 2.05) is 6.92 Å². The first-order chi connectivity index (χ1) is 9.06. The number of carboxylic acid groups (broad SMARTS) is 2. The van der Waals surface area contributed by atoms with Crippen LogP contribution >= 0.6 is 0 Å². The maximum atomic E-state index is 10.3. The normalized spacial score (nSPS) is 10.8. The highest BCUT2D eigenvalue weighted by Crippen LogP contribution is 1.91. The van der Waals surface area contributed by atoms with Crippen molar-refractivity contribution in [1.82, 2.24) is 4.90 Å². The van der Waals surface area contributed by atoms with Crippen molar-refractivity contribution < 1.29 is 29.3 Å². The molecule has 0 aromatic carbocycles. The highest BCUT2D eigenvalue weighted by Gasteiger charge is 2.03. The summed E-state index contributed by atoms with van der Waals surface area (Å²) in [5.41, 5.74) is 0. The van der Waals surface area contributed by atoms with Crippen LogP contribution in [0.3, 0.4) is 0 Å². The molecule has 0 amide bonds. The number of likely N-dealkylation sites (N-methyl/N-ethyl adjacent to an activating group) is 1. The van der Waals surface area contributed by atoms with Gasteiger partial charge in [0.2, 0.25) is 0 Å². The molecule has 0 spiro atoms. The zero-order chi connectivity index (χ0) is 14.5. The molecule has 0 heterocycles. The van der Waals surface area contributed by atoms with E-state index in [2.05, 4.69) is 4.90 Å². The molecule has 7 nitrogen and oxygen atoms in total. The van der Waals surface area contributed by atoms with E-state index in [0.29, 0.717) is 26.3 Å². The minimum atomic E-state index is -0.862. The first-order valence-electron chi connectivity index (χ1n) is 6.37. The van der Waals surface area contributed by atoms with Crippen LogP contribution < -0.4 is 0 Å². The van der Waals surface area contributed by atoms with E-state index >= 15 is 0 Å². The molecule has 0 bridgehead atoms. The van der Waals surface area contributed by atoms with Gasteiger partial charge in [0.05, 0.1) is 39.3 Å². The van der Waals surface area contributed by atoms with Crippen molar-refractivity contribution in [1.29, 1.82) is 0 Å². The fraction of sp³-hybridized carbons (Fsp3) is 0.833. The van der Waals surface area contributed by atoms with Gasteiger partial charge in [-0.1, -0.05) is 6.92 Å². The number of ether oxygens (including phenoxy) is 2. The van der Waals surface area contributed by atoms with Gasteiger partial charge in [-0.15, -0.1) is 0 Å². The number of nitrogens with zero attached hydrogens (tertiary/aromatic N) is 1. The molecule has 112 valence electrons. The van der Waals surface area contributed by atoms with E-state index < -0.39 is 11.9 Å². The summed E-state index contributed by atoms with van der Waals surface area (Å²) >= 11 is 0. The van der Waals surface area contributed by atoms with Crippen molar-refractivity contribution in [3.8, 4) is 0 Å². The molecule has 19 heavy (non-hydrogen) atoms. The van der Waals surface area contributed by atoms with Crippen molar-refractivity contribution in [2.24, 2.45) is 0 Å². The largest absolute Gasteiger partial charge is 0.481 e. The van der Waals surface area contributed by atoms with Gasteiger partial charge in [-0.25, -0.2) is 0 Å². The first-order valence-corrected chi connectivity index (χ1v) is 6.37. The Morgan fingerprint density at radius 3 is 1.63 bits per heavy atom. The third kappa shape index (κ3) is 13.1. The van der Waals surface area contributed by atoms with Crippen molar-refractivity contribution >= 4 is 11.9 Å².